The quantitative estimate of drug-likeness (QED) is 0.354. The van der Waals surface area contributed by atoms with Crippen LogP contribution in [-0.4, -0.2) is 14.9 Å². The number of hydrogen-bond acceptors (Lipinski definition) is 4. The molecule has 3 N–H and O–H groups in total. The lowest BCUT2D eigenvalue weighted by molar-refractivity contribution is 0.133. The van der Waals surface area contributed by atoms with E-state index in [1.54, 1.807) is 0 Å². The summed E-state index contributed by atoms with van der Waals surface area (Å²) >= 11 is -2.61. The lowest BCUT2D eigenvalue weighted by atomic mass is 11.3. The molecule has 0 saturated heterocycles. The van der Waals surface area contributed by atoms with Gasteiger partial charge in [-0.3, -0.25) is 4.21 Å². The van der Waals surface area contributed by atoms with E-state index in [4.69, 9.17) is 0 Å². The molecule has 0 bridgehead atoms. The van der Waals surface area contributed by atoms with Crippen LogP contribution in [0.2, 0.25) is 0 Å². The Morgan fingerprint density at radius 3 is 2.50 bits per heavy atom. The molecule has 0 spiro atoms. The van der Waals surface area contributed by atoms with Crippen molar-refractivity contribution in [1.29, 1.82) is 0 Å². The molecule has 0 aromatic carbocycles. The predicted molar refractivity (Wildman–Crippen MR) is 22.7 cm³/mol. The van der Waals surface area contributed by atoms with Crippen LogP contribution >= 0.6 is 0 Å². The average molecular weight is 139 g/mol. The van der Waals surface area contributed by atoms with Crippen LogP contribution in [0, 0.1) is 0 Å². The molecule has 0 aliphatic heterocycles. The molecule has 0 aromatic heterocycles. The van der Waals surface area contributed by atoms with Gasteiger partial charge in [0.25, 0.3) is 0 Å². The van der Waals surface area contributed by atoms with E-state index in [0.29, 0.717) is 0 Å². The second kappa shape index (κ2) is 3.36. The Morgan fingerprint density at radius 1 is 1.88 bits per heavy atom. The normalized spacial score (nSPS) is 12.6. The van der Waals surface area contributed by atoms with E-state index in [-0.39, 0.29) is 0 Å². The second-order valence-electron chi connectivity index (χ2n) is 0.739. The molecule has 6 nitrogen and oxygen atoms in total. The fourth-order valence-corrected chi connectivity index (χ4v) is 0.225. The van der Waals surface area contributed by atoms with Gasteiger partial charge in [0.05, 0.1) is 11.3 Å². The number of amides is 1. The number of carbonyl (C=O) groups excluding carboxylic acids is 1. The van der Waals surface area contributed by atoms with Gasteiger partial charge in [0.2, 0.25) is 0 Å². The summed E-state index contributed by atoms with van der Waals surface area (Å²) in [6.07, 6.45) is -1.20. The Hall–Kier alpha value is -0.660. The van der Waals surface area contributed by atoms with Gasteiger partial charge >= 0.3 is 6.09 Å². The fourth-order valence-electron chi connectivity index (χ4n) is 0.0751. The first kappa shape index (κ1) is 7.34. The van der Waals surface area contributed by atoms with Gasteiger partial charge in [-0.15, -0.1) is 0 Å². The first-order valence-corrected chi connectivity index (χ1v) is 2.51. The molecule has 0 saturated carbocycles. The van der Waals surface area contributed by atoms with Crippen LogP contribution in [0.1, 0.15) is 0 Å². The highest BCUT2D eigenvalue weighted by atomic mass is 32.2. The van der Waals surface area contributed by atoms with Gasteiger partial charge in [-0.05, 0) is 0 Å². The van der Waals surface area contributed by atoms with Gasteiger partial charge in [-0.2, -0.15) is 0 Å². The SMILES string of the molecule is NC(=O)ONS(=O)[O-]. The van der Waals surface area contributed by atoms with Crippen LogP contribution < -0.4 is 10.6 Å². The van der Waals surface area contributed by atoms with Crippen molar-refractivity contribution in [2.75, 3.05) is 0 Å². The second-order valence-corrected chi connectivity index (χ2v) is 1.38. The lowest BCUT2D eigenvalue weighted by Crippen LogP contribution is -2.25. The summed E-state index contributed by atoms with van der Waals surface area (Å²) in [6.45, 7) is 0. The van der Waals surface area contributed by atoms with E-state index in [9.17, 15) is 13.6 Å². The van der Waals surface area contributed by atoms with Crippen molar-refractivity contribution in [3.63, 3.8) is 0 Å². The van der Waals surface area contributed by atoms with Gasteiger partial charge in [-0.1, -0.05) is 4.89 Å². The van der Waals surface area contributed by atoms with E-state index in [1.807, 2.05) is 0 Å². The molecular weight excluding hydrogens is 136 g/mol. The number of primary amides is 1. The first-order chi connectivity index (χ1) is 3.63. The Morgan fingerprint density at radius 2 is 2.38 bits per heavy atom. The molecule has 0 aromatic rings. The summed E-state index contributed by atoms with van der Waals surface area (Å²) in [5, 5.41) is 0. The lowest BCUT2D eigenvalue weighted by Gasteiger charge is -2.02. The maximum Gasteiger partial charge on any atom is 0.424 e. The van der Waals surface area contributed by atoms with Crippen LogP contribution in [0.5, 0.6) is 0 Å². The number of nitrogens with two attached hydrogens (primary N) is 1. The van der Waals surface area contributed by atoms with Crippen molar-refractivity contribution in [2.24, 2.45) is 5.73 Å². The molecule has 1 atom stereocenters. The number of carbonyl (C=O) groups is 1. The minimum absolute atomic E-state index is 1.20. The van der Waals surface area contributed by atoms with Crippen LogP contribution in [0.4, 0.5) is 4.79 Å². The molecule has 0 aliphatic rings. The molecule has 0 fully saturated rings. The van der Waals surface area contributed by atoms with Gasteiger partial charge in [0.1, 0.15) is 0 Å². The minimum atomic E-state index is -2.61. The summed E-state index contributed by atoms with van der Waals surface area (Å²) < 4.78 is 18.9. The Labute approximate surface area is 47.4 Å². The molecule has 1 amide bonds. The minimum Gasteiger partial charge on any atom is -0.758 e. The molecule has 0 heterocycles. The fraction of sp³-hybridized carbons (Fsp3) is 0. The number of hydrogen-bond donors (Lipinski definition) is 2. The van der Waals surface area contributed by atoms with Crippen LogP contribution in [0.3, 0.4) is 0 Å². The van der Waals surface area contributed by atoms with Crippen molar-refractivity contribution >= 4 is 17.4 Å². The average Bonchev–Trinajstić information content (AvgIpc) is 1.61. The van der Waals surface area contributed by atoms with Crippen LogP contribution in [-0.2, 0) is 16.1 Å². The summed E-state index contributed by atoms with van der Waals surface area (Å²) in [4.78, 5) is 14.4. The standard InChI is InChI=1S/CH4N2O4S/c2-1(4)7-3-8(5)6/h3H,(H2,2,4)(H,5,6)/p-1. The van der Waals surface area contributed by atoms with E-state index in [2.05, 4.69) is 10.6 Å². The van der Waals surface area contributed by atoms with Crippen molar-refractivity contribution < 1.29 is 18.4 Å². The first-order valence-electron chi connectivity index (χ1n) is 1.44. The smallest absolute Gasteiger partial charge is 0.424 e. The molecule has 0 aliphatic carbocycles. The summed E-state index contributed by atoms with van der Waals surface area (Å²) in [7, 11) is 0. The van der Waals surface area contributed by atoms with Crippen molar-refractivity contribution in [2.45, 2.75) is 0 Å². The molecule has 0 radical (unpaired) electrons. The maximum absolute atomic E-state index is 9.57. The van der Waals surface area contributed by atoms with E-state index >= 15 is 0 Å². The summed E-state index contributed by atoms with van der Waals surface area (Å²) in [6, 6.07) is 0. The molecule has 0 rings (SSSR count). The number of rotatable bonds is 2. The largest absolute Gasteiger partial charge is 0.758 e. The third-order valence-corrected chi connectivity index (χ3v) is 0.430. The van der Waals surface area contributed by atoms with Gasteiger partial charge in [-0.25, -0.2) is 4.79 Å². The topological polar surface area (TPSA) is 104 Å². The van der Waals surface area contributed by atoms with Gasteiger partial charge in [0, 0.05) is 0 Å². The zero-order valence-corrected chi connectivity index (χ0v) is 4.44. The highest BCUT2D eigenvalue weighted by molar-refractivity contribution is 7.76. The van der Waals surface area contributed by atoms with E-state index in [0.717, 1.165) is 0 Å². The predicted octanol–water partition coefficient (Wildman–Crippen LogP) is -1.62. The Bertz CT molecular complexity index is 98.6. The van der Waals surface area contributed by atoms with Crippen LogP contribution in [0.15, 0.2) is 0 Å². The van der Waals surface area contributed by atoms with E-state index in [1.165, 1.54) is 4.89 Å². The number of nitrogens with one attached hydrogen (secondary N) is 1. The third-order valence-electron chi connectivity index (χ3n) is 0.210. The van der Waals surface area contributed by atoms with Crippen molar-refractivity contribution in [3.05, 3.63) is 0 Å². The van der Waals surface area contributed by atoms with Crippen molar-refractivity contribution in [1.82, 2.24) is 4.89 Å². The summed E-state index contributed by atoms with van der Waals surface area (Å²) in [5.74, 6) is 0. The van der Waals surface area contributed by atoms with Crippen LogP contribution in [0.25, 0.3) is 0 Å². The maximum atomic E-state index is 9.57. The zero-order valence-electron chi connectivity index (χ0n) is 3.62. The molecule has 1 unspecified atom stereocenters. The van der Waals surface area contributed by atoms with Gasteiger partial charge in [0.15, 0.2) is 0 Å². The zero-order chi connectivity index (χ0) is 6.57. The monoisotopic (exact) mass is 139 g/mol. The highest BCUT2D eigenvalue weighted by Gasteiger charge is 1.88. The Balaban J connectivity index is 3.18. The highest BCUT2D eigenvalue weighted by Crippen LogP contribution is 1.65. The summed E-state index contributed by atoms with van der Waals surface area (Å²) in [5.41, 5.74) is 4.34. The van der Waals surface area contributed by atoms with Crippen molar-refractivity contribution in [3.8, 4) is 0 Å². The molecule has 7 heteroatoms. The molecule has 8 heavy (non-hydrogen) atoms. The molecular formula is CH3N2O4S-. The van der Waals surface area contributed by atoms with Gasteiger partial charge < -0.3 is 15.1 Å². The van der Waals surface area contributed by atoms with E-state index < -0.39 is 17.4 Å². The third kappa shape index (κ3) is 5.34. The molecule has 48 valence electrons. The Kier molecular flexibility index (Phi) is 3.08.